The van der Waals surface area contributed by atoms with E-state index in [0.717, 1.165) is 18.1 Å². The number of rotatable bonds is 5. The Labute approximate surface area is 139 Å². The van der Waals surface area contributed by atoms with Gasteiger partial charge in [-0.1, -0.05) is 0 Å². The Bertz CT molecular complexity index is 679. The summed E-state index contributed by atoms with van der Waals surface area (Å²) < 4.78 is 69.3. The van der Waals surface area contributed by atoms with Gasteiger partial charge in [-0.2, -0.15) is 13.2 Å². The van der Waals surface area contributed by atoms with E-state index in [4.69, 9.17) is 9.88 Å². The van der Waals surface area contributed by atoms with Crippen molar-refractivity contribution >= 4 is 15.9 Å². The largest absolute Gasteiger partial charge is 0.413 e. The summed E-state index contributed by atoms with van der Waals surface area (Å²) in [5.74, 6) is -1.02. The predicted octanol–water partition coefficient (Wildman–Crippen LogP) is 1.69. The number of amides is 1. The lowest BCUT2D eigenvalue weighted by atomic mass is 9.86. The van der Waals surface area contributed by atoms with Gasteiger partial charge < -0.3 is 9.64 Å². The SMILES string of the molecule is CCN(CC)C(=O)C1=C(C(F)(F)F)CC(C)(OC)C=C1S(N)(=O)=O. The van der Waals surface area contributed by atoms with Crippen LogP contribution in [-0.2, 0) is 19.6 Å². The lowest BCUT2D eigenvalue weighted by molar-refractivity contribution is -0.128. The molecule has 0 aliphatic heterocycles. The van der Waals surface area contributed by atoms with Gasteiger partial charge in [0.1, 0.15) is 0 Å². The Morgan fingerprint density at radius 2 is 1.88 bits per heavy atom. The molecule has 6 nitrogen and oxygen atoms in total. The highest BCUT2D eigenvalue weighted by Gasteiger charge is 2.48. The summed E-state index contributed by atoms with van der Waals surface area (Å²) in [5, 5.41) is 5.08. The van der Waals surface area contributed by atoms with Crippen molar-refractivity contribution in [1.29, 1.82) is 0 Å². The third kappa shape index (κ3) is 4.17. The average Bonchev–Trinajstić information content (AvgIpc) is 2.45. The van der Waals surface area contributed by atoms with Gasteiger partial charge in [0.25, 0.3) is 5.91 Å². The Balaban J connectivity index is 3.77. The summed E-state index contributed by atoms with van der Waals surface area (Å²) in [6.07, 6.45) is -4.62. The van der Waals surface area contributed by atoms with E-state index in [1.165, 1.54) is 6.92 Å². The van der Waals surface area contributed by atoms with Crippen molar-refractivity contribution in [2.75, 3.05) is 20.2 Å². The molecule has 0 radical (unpaired) electrons. The maximum atomic E-state index is 13.5. The van der Waals surface area contributed by atoms with E-state index in [1.807, 2.05) is 0 Å². The quantitative estimate of drug-likeness (QED) is 0.798. The zero-order chi connectivity index (χ0) is 18.9. The number of sulfonamides is 1. The van der Waals surface area contributed by atoms with E-state index in [0.29, 0.717) is 0 Å². The number of hydrogen-bond acceptors (Lipinski definition) is 4. The Hall–Kier alpha value is -1.39. The molecule has 0 saturated heterocycles. The van der Waals surface area contributed by atoms with Gasteiger partial charge in [-0.15, -0.1) is 0 Å². The number of halogens is 3. The van der Waals surface area contributed by atoms with Crippen molar-refractivity contribution in [3.05, 3.63) is 22.1 Å². The summed E-state index contributed by atoms with van der Waals surface area (Å²) >= 11 is 0. The zero-order valence-corrected chi connectivity index (χ0v) is 14.7. The number of hydrogen-bond donors (Lipinski definition) is 1. The molecule has 1 rings (SSSR count). The van der Waals surface area contributed by atoms with Gasteiger partial charge in [0, 0.05) is 26.6 Å². The molecule has 1 aliphatic carbocycles. The fourth-order valence-corrected chi connectivity index (χ4v) is 3.40. The number of primary sulfonamides is 1. The molecule has 10 heteroatoms. The molecule has 0 aromatic carbocycles. The second kappa shape index (κ2) is 6.85. The third-order valence-electron chi connectivity index (χ3n) is 3.89. The van der Waals surface area contributed by atoms with Crippen molar-refractivity contribution in [3.8, 4) is 0 Å². The van der Waals surface area contributed by atoms with Crippen LogP contribution in [0.4, 0.5) is 13.2 Å². The second-order valence-electron chi connectivity index (χ2n) is 5.58. The fourth-order valence-electron chi connectivity index (χ4n) is 2.49. The molecule has 0 aromatic rings. The summed E-state index contributed by atoms with van der Waals surface area (Å²) in [4.78, 5) is 12.8. The van der Waals surface area contributed by atoms with E-state index in [9.17, 15) is 26.4 Å². The van der Waals surface area contributed by atoms with Crippen molar-refractivity contribution in [3.63, 3.8) is 0 Å². The molecule has 138 valence electrons. The Morgan fingerprint density at radius 3 is 2.21 bits per heavy atom. The number of nitrogens with two attached hydrogens (primary N) is 1. The van der Waals surface area contributed by atoms with Crippen LogP contribution in [0.2, 0.25) is 0 Å². The first kappa shape index (κ1) is 20.7. The first-order valence-electron chi connectivity index (χ1n) is 7.21. The molecule has 0 fully saturated rings. The highest BCUT2D eigenvalue weighted by Crippen LogP contribution is 2.43. The maximum Gasteiger partial charge on any atom is 0.413 e. The normalized spacial score (nSPS) is 22.4. The molecule has 1 unspecified atom stereocenters. The topological polar surface area (TPSA) is 89.7 Å². The molecular formula is C14H21F3N2O4S. The van der Waals surface area contributed by atoms with Crippen molar-refractivity contribution in [2.24, 2.45) is 5.14 Å². The summed E-state index contributed by atoms with van der Waals surface area (Å²) in [5.41, 5.74) is -3.72. The molecule has 0 aromatic heterocycles. The number of alkyl halides is 3. The van der Waals surface area contributed by atoms with Gasteiger partial charge in [-0.05, 0) is 26.8 Å². The van der Waals surface area contributed by atoms with E-state index in [1.54, 1.807) is 13.8 Å². The molecule has 1 atom stereocenters. The van der Waals surface area contributed by atoms with Crippen LogP contribution in [-0.4, -0.2) is 51.2 Å². The van der Waals surface area contributed by atoms with Crippen molar-refractivity contribution in [2.45, 2.75) is 39.0 Å². The summed E-state index contributed by atoms with van der Waals surface area (Å²) in [7, 11) is -3.41. The standard InChI is InChI=1S/C14H21F3N2O4S/c1-5-19(6-2)12(20)11-9(14(15,16)17)7-13(3,23-4)8-10(11)24(18,21)22/h8H,5-7H2,1-4H3,(H2,18,21,22). The third-order valence-corrected chi connectivity index (χ3v) is 4.83. The minimum Gasteiger partial charge on any atom is -0.374 e. The number of likely N-dealkylation sites (N-methyl/N-ethyl adjacent to an activating group) is 1. The molecule has 0 saturated carbocycles. The summed E-state index contributed by atoms with van der Waals surface area (Å²) in [6, 6.07) is 0. The van der Waals surface area contributed by atoms with Gasteiger partial charge in [-0.25, -0.2) is 13.6 Å². The monoisotopic (exact) mass is 370 g/mol. The lowest BCUT2D eigenvalue weighted by Gasteiger charge is -2.34. The van der Waals surface area contributed by atoms with Gasteiger partial charge >= 0.3 is 6.18 Å². The number of carbonyl (C=O) groups excluding carboxylic acids is 1. The number of ether oxygens (including phenoxy) is 1. The Morgan fingerprint density at radius 1 is 1.38 bits per heavy atom. The van der Waals surface area contributed by atoms with Gasteiger partial charge in [0.15, 0.2) is 0 Å². The van der Waals surface area contributed by atoms with Gasteiger partial charge in [0.2, 0.25) is 10.0 Å². The van der Waals surface area contributed by atoms with Crippen LogP contribution in [0, 0.1) is 0 Å². The highest BCUT2D eigenvalue weighted by atomic mass is 32.2. The van der Waals surface area contributed by atoms with Crippen LogP contribution in [0.1, 0.15) is 27.2 Å². The van der Waals surface area contributed by atoms with Crippen LogP contribution >= 0.6 is 0 Å². The van der Waals surface area contributed by atoms with Crippen molar-refractivity contribution < 1.29 is 31.1 Å². The average molecular weight is 370 g/mol. The smallest absolute Gasteiger partial charge is 0.374 e. The first-order valence-corrected chi connectivity index (χ1v) is 8.76. The minimum absolute atomic E-state index is 0.128. The molecule has 0 heterocycles. The lowest BCUT2D eigenvalue weighted by Crippen LogP contribution is -2.41. The molecule has 0 spiro atoms. The zero-order valence-electron chi connectivity index (χ0n) is 13.9. The van der Waals surface area contributed by atoms with Crippen LogP contribution in [0.25, 0.3) is 0 Å². The number of methoxy groups -OCH3 is 1. The number of carbonyl (C=O) groups is 1. The van der Waals surface area contributed by atoms with E-state index in [2.05, 4.69) is 0 Å². The van der Waals surface area contributed by atoms with E-state index in [-0.39, 0.29) is 13.1 Å². The Kier molecular flexibility index (Phi) is 5.89. The maximum absolute atomic E-state index is 13.5. The molecule has 0 bridgehead atoms. The minimum atomic E-state index is -4.90. The van der Waals surface area contributed by atoms with Gasteiger partial charge in [0.05, 0.1) is 21.7 Å². The first-order chi connectivity index (χ1) is 10.8. The summed E-state index contributed by atoms with van der Waals surface area (Å²) in [6.45, 7) is 4.71. The molecule has 1 amide bonds. The molecule has 24 heavy (non-hydrogen) atoms. The van der Waals surface area contributed by atoms with Gasteiger partial charge in [-0.3, -0.25) is 4.79 Å². The molecule has 1 aliphatic rings. The van der Waals surface area contributed by atoms with Crippen LogP contribution in [0.5, 0.6) is 0 Å². The number of nitrogens with zero attached hydrogens (tertiary/aromatic N) is 1. The highest BCUT2D eigenvalue weighted by molar-refractivity contribution is 7.93. The second-order valence-corrected chi connectivity index (χ2v) is 7.11. The van der Waals surface area contributed by atoms with E-state index >= 15 is 0 Å². The van der Waals surface area contributed by atoms with Crippen LogP contribution < -0.4 is 5.14 Å². The fraction of sp³-hybridized carbons (Fsp3) is 0.643. The van der Waals surface area contributed by atoms with E-state index < -0.39 is 50.2 Å². The van der Waals surface area contributed by atoms with Crippen LogP contribution in [0.3, 0.4) is 0 Å². The van der Waals surface area contributed by atoms with Crippen molar-refractivity contribution in [1.82, 2.24) is 4.90 Å². The predicted molar refractivity (Wildman–Crippen MR) is 82.2 cm³/mol. The molecular weight excluding hydrogens is 349 g/mol. The molecule has 2 N–H and O–H groups in total. The van der Waals surface area contributed by atoms with Crippen LogP contribution in [0.15, 0.2) is 22.1 Å².